The number of hydrogen-bond acceptors (Lipinski definition) is 4. The molecule has 142 valence electrons. The molecule has 0 radical (unpaired) electrons. The van der Waals surface area contributed by atoms with Gasteiger partial charge >= 0.3 is 0 Å². The van der Waals surface area contributed by atoms with E-state index in [4.69, 9.17) is 4.74 Å². The topological polar surface area (TPSA) is 87.7 Å². The van der Waals surface area contributed by atoms with Gasteiger partial charge in [-0.1, -0.05) is 30.3 Å². The summed E-state index contributed by atoms with van der Waals surface area (Å²) in [6.07, 6.45) is 2.89. The van der Waals surface area contributed by atoms with Gasteiger partial charge in [-0.25, -0.2) is 0 Å². The molecule has 1 aliphatic carbocycles. The van der Waals surface area contributed by atoms with Crippen LogP contribution in [0.2, 0.25) is 0 Å². The predicted molar refractivity (Wildman–Crippen MR) is 97.3 cm³/mol. The average molecular weight is 360 g/mol. The van der Waals surface area contributed by atoms with E-state index in [0.29, 0.717) is 6.42 Å². The number of nitrogens with one attached hydrogen (secondary N) is 2. The van der Waals surface area contributed by atoms with Gasteiger partial charge in [0.05, 0.1) is 31.2 Å². The first kappa shape index (κ1) is 18.9. The lowest BCUT2D eigenvalue weighted by Gasteiger charge is -2.36. The molecule has 6 heteroatoms. The summed E-state index contributed by atoms with van der Waals surface area (Å²) >= 11 is 0. The van der Waals surface area contributed by atoms with Crippen LogP contribution in [0.5, 0.6) is 0 Å². The molecule has 6 nitrogen and oxygen atoms in total. The van der Waals surface area contributed by atoms with Crippen molar-refractivity contribution in [2.45, 2.75) is 63.3 Å². The van der Waals surface area contributed by atoms with Crippen LogP contribution in [0.15, 0.2) is 30.3 Å². The fourth-order valence-electron chi connectivity index (χ4n) is 3.43. The van der Waals surface area contributed by atoms with Gasteiger partial charge in [-0.05, 0) is 38.2 Å². The fourth-order valence-corrected chi connectivity index (χ4v) is 3.43. The zero-order valence-corrected chi connectivity index (χ0v) is 15.2. The van der Waals surface area contributed by atoms with Crippen molar-refractivity contribution in [1.82, 2.24) is 10.6 Å². The van der Waals surface area contributed by atoms with E-state index in [2.05, 4.69) is 10.6 Å². The largest absolute Gasteiger partial charge is 0.394 e. The standard InChI is InChI=1S/C20H28N2O4/c1-13(14-5-3-2-4-6-14)21-19(24)11-16-9-10-17(18(12-23)26-16)22-20(25)15-7-8-15/h2-6,13,15-18,23H,7-12H2,1H3,(H,21,24)(H,22,25)/t13-,16+,17+,18-/m1/s1. The summed E-state index contributed by atoms with van der Waals surface area (Å²) in [6.45, 7) is 1.79. The van der Waals surface area contributed by atoms with Crippen LogP contribution in [0.3, 0.4) is 0 Å². The summed E-state index contributed by atoms with van der Waals surface area (Å²) in [5.74, 6) is 0.130. The van der Waals surface area contributed by atoms with Crippen molar-refractivity contribution in [3.05, 3.63) is 35.9 Å². The molecular weight excluding hydrogens is 332 g/mol. The van der Waals surface area contributed by atoms with Gasteiger partial charge < -0.3 is 20.5 Å². The molecule has 1 saturated heterocycles. The molecule has 0 unspecified atom stereocenters. The zero-order chi connectivity index (χ0) is 18.5. The first-order chi connectivity index (χ1) is 12.6. The molecule has 1 saturated carbocycles. The van der Waals surface area contributed by atoms with Crippen molar-refractivity contribution in [3.63, 3.8) is 0 Å². The van der Waals surface area contributed by atoms with Crippen LogP contribution in [0.25, 0.3) is 0 Å². The average Bonchev–Trinajstić information content (AvgIpc) is 3.48. The van der Waals surface area contributed by atoms with E-state index >= 15 is 0 Å². The zero-order valence-electron chi connectivity index (χ0n) is 15.2. The number of aliphatic hydroxyl groups is 1. The van der Waals surface area contributed by atoms with Crippen LogP contribution in [-0.2, 0) is 14.3 Å². The third-order valence-electron chi connectivity index (χ3n) is 5.16. The highest BCUT2D eigenvalue weighted by Crippen LogP contribution is 2.30. The highest BCUT2D eigenvalue weighted by atomic mass is 16.5. The molecule has 4 atom stereocenters. The van der Waals surface area contributed by atoms with Crippen molar-refractivity contribution < 1.29 is 19.4 Å². The van der Waals surface area contributed by atoms with Crippen LogP contribution in [0, 0.1) is 5.92 Å². The lowest BCUT2D eigenvalue weighted by Crippen LogP contribution is -2.51. The molecule has 3 rings (SSSR count). The molecule has 0 aromatic heterocycles. The maximum Gasteiger partial charge on any atom is 0.223 e. The van der Waals surface area contributed by atoms with Crippen LogP contribution in [0.4, 0.5) is 0 Å². The Morgan fingerprint density at radius 1 is 1.19 bits per heavy atom. The Morgan fingerprint density at radius 3 is 2.58 bits per heavy atom. The summed E-state index contributed by atoms with van der Waals surface area (Å²) in [7, 11) is 0. The molecule has 2 fully saturated rings. The minimum absolute atomic E-state index is 0.0601. The first-order valence-corrected chi connectivity index (χ1v) is 9.47. The third kappa shape index (κ3) is 5.05. The maximum atomic E-state index is 12.3. The SMILES string of the molecule is C[C@@H](NC(=O)C[C@@H]1CC[C@H](NC(=O)C2CC2)[C@@H](CO)O1)c1ccccc1. The van der Waals surface area contributed by atoms with E-state index < -0.39 is 6.10 Å². The van der Waals surface area contributed by atoms with Crippen molar-refractivity contribution >= 4 is 11.8 Å². The number of amides is 2. The van der Waals surface area contributed by atoms with Crippen LogP contribution in [-0.4, -0.2) is 41.8 Å². The highest BCUT2D eigenvalue weighted by molar-refractivity contribution is 5.81. The van der Waals surface area contributed by atoms with Gasteiger partial charge in [-0.15, -0.1) is 0 Å². The monoisotopic (exact) mass is 360 g/mol. The fraction of sp³-hybridized carbons (Fsp3) is 0.600. The van der Waals surface area contributed by atoms with Crippen molar-refractivity contribution in [1.29, 1.82) is 0 Å². The number of carbonyl (C=O) groups is 2. The van der Waals surface area contributed by atoms with E-state index in [1.165, 1.54) is 0 Å². The van der Waals surface area contributed by atoms with E-state index in [9.17, 15) is 14.7 Å². The van der Waals surface area contributed by atoms with Crippen LogP contribution in [0.1, 0.15) is 50.6 Å². The molecular formula is C20H28N2O4. The van der Waals surface area contributed by atoms with E-state index in [0.717, 1.165) is 24.8 Å². The van der Waals surface area contributed by atoms with Crippen LogP contribution >= 0.6 is 0 Å². The second-order valence-corrected chi connectivity index (χ2v) is 7.35. The molecule has 26 heavy (non-hydrogen) atoms. The number of ether oxygens (including phenoxy) is 1. The Hall–Kier alpha value is -1.92. The predicted octanol–water partition coefficient (Wildman–Crippen LogP) is 1.69. The molecule has 0 spiro atoms. The number of aliphatic hydroxyl groups excluding tert-OH is 1. The molecule has 1 aromatic rings. The molecule has 1 heterocycles. The summed E-state index contributed by atoms with van der Waals surface area (Å²) in [4.78, 5) is 24.3. The molecule has 1 aliphatic heterocycles. The third-order valence-corrected chi connectivity index (χ3v) is 5.16. The van der Waals surface area contributed by atoms with Crippen molar-refractivity contribution in [2.24, 2.45) is 5.92 Å². The molecule has 3 N–H and O–H groups in total. The smallest absolute Gasteiger partial charge is 0.223 e. The summed E-state index contributed by atoms with van der Waals surface area (Å²) in [6, 6.07) is 9.58. The first-order valence-electron chi connectivity index (χ1n) is 9.47. The lowest BCUT2D eigenvalue weighted by molar-refractivity contribution is -0.136. The summed E-state index contributed by atoms with van der Waals surface area (Å²) in [5.41, 5.74) is 1.06. The Morgan fingerprint density at radius 2 is 1.92 bits per heavy atom. The van der Waals surface area contributed by atoms with Gasteiger partial charge in [-0.3, -0.25) is 9.59 Å². The van der Waals surface area contributed by atoms with Crippen LogP contribution < -0.4 is 10.6 Å². The van der Waals surface area contributed by atoms with Gasteiger partial charge in [-0.2, -0.15) is 0 Å². The molecule has 0 bridgehead atoms. The van der Waals surface area contributed by atoms with E-state index in [-0.39, 0.29) is 48.9 Å². The van der Waals surface area contributed by atoms with Crippen molar-refractivity contribution in [3.8, 4) is 0 Å². The van der Waals surface area contributed by atoms with Gasteiger partial charge in [0, 0.05) is 5.92 Å². The van der Waals surface area contributed by atoms with E-state index in [1.807, 2.05) is 37.3 Å². The Labute approximate surface area is 154 Å². The van der Waals surface area contributed by atoms with Gasteiger partial charge in [0.2, 0.25) is 11.8 Å². The highest BCUT2D eigenvalue weighted by Gasteiger charge is 2.36. The molecule has 1 aromatic carbocycles. The Kier molecular flexibility index (Phi) is 6.27. The quantitative estimate of drug-likeness (QED) is 0.690. The number of benzene rings is 1. The summed E-state index contributed by atoms with van der Waals surface area (Å²) in [5, 5.41) is 15.6. The minimum atomic E-state index is -0.448. The summed E-state index contributed by atoms with van der Waals surface area (Å²) < 4.78 is 5.88. The van der Waals surface area contributed by atoms with E-state index in [1.54, 1.807) is 0 Å². The van der Waals surface area contributed by atoms with Gasteiger partial charge in [0.1, 0.15) is 6.10 Å². The Bertz CT molecular complexity index is 617. The van der Waals surface area contributed by atoms with Gasteiger partial charge in [0.15, 0.2) is 0 Å². The lowest BCUT2D eigenvalue weighted by atomic mass is 9.96. The Balaban J connectivity index is 1.46. The van der Waals surface area contributed by atoms with Gasteiger partial charge in [0.25, 0.3) is 0 Å². The second-order valence-electron chi connectivity index (χ2n) is 7.35. The molecule has 2 amide bonds. The number of carbonyl (C=O) groups excluding carboxylic acids is 2. The molecule has 2 aliphatic rings. The minimum Gasteiger partial charge on any atom is -0.394 e. The van der Waals surface area contributed by atoms with Crippen molar-refractivity contribution in [2.75, 3.05) is 6.61 Å². The number of rotatable bonds is 7. The number of hydrogen-bond donors (Lipinski definition) is 3. The maximum absolute atomic E-state index is 12.3. The second kappa shape index (κ2) is 8.64. The normalized spacial score (nSPS) is 26.8.